The number of hydrogen-bond acceptors (Lipinski definition) is 5. The van der Waals surface area contributed by atoms with E-state index in [1.54, 1.807) is 12.1 Å². The third-order valence-electron chi connectivity index (χ3n) is 3.73. The van der Waals surface area contributed by atoms with Crippen LogP contribution in [0.4, 0.5) is 0 Å². The predicted molar refractivity (Wildman–Crippen MR) is 104 cm³/mol. The normalized spacial score (nSPS) is 10.3. The molecule has 0 unspecified atom stereocenters. The summed E-state index contributed by atoms with van der Waals surface area (Å²) in [6, 6.07) is 15.2. The lowest BCUT2D eigenvalue weighted by Crippen LogP contribution is -2.22. The lowest BCUT2D eigenvalue weighted by molar-refractivity contribution is 0.0952. The van der Waals surface area contributed by atoms with Crippen LogP contribution < -0.4 is 5.43 Å². The van der Waals surface area contributed by atoms with Crippen molar-refractivity contribution in [1.29, 1.82) is 0 Å². The van der Waals surface area contributed by atoms with Crippen LogP contribution >= 0.6 is 11.6 Å². The van der Waals surface area contributed by atoms with Gasteiger partial charge in [0.05, 0.1) is 17.0 Å². The Morgan fingerprint density at radius 2 is 1.59 bits per heavy atom. The van der Waals surface area contributed by atoms with E-state index in [2.05, 4.69) is 20.5 Å². The van der Waals surface area contributed by atoms with Crippen LogP contribution in [0.2, 0.25) is 5.02 Å². The summed E-state index contributed by atoms with van der Waals surface area (Å²) in [6.45, 7) is 3.74. The highest BCUT2D eigenvalue weighted by molar-refractivity contribution is 6.31. The fraction of sp³-hybridized carbons (Fsp3) is 0.100. The van der Waals surface area contributed by atoms with Crippen molar-refractivity contribution in [3.63, 3.8) is 0 Å². The number of phenols is 1. The van der Waals surface area contributed by atoms with Gasteiger partial charge in [-0.05, 0) is 56.3 Å². The topological polar surface area (TPSA) is 87.5 Å². The van der Waals surface area contributed by atoms with Crippen molar-refractivity contribution in [2.24, 2.45) is 5.10 Å². The first-order valence-electron chi connectivity index (χ1n) is 8.18. The molecule has 136 valence electrons. The Hall–Kier alpha value is -3.25. The molecule has 2 aromatic heterocycles. The van der Waals surface area contributed by atoms with Crippen LogP contribution in [0.15, 0.2) is 59.7 Å². The van der Waals surface area contributed by atoms with Gasteiger partial charge in [-0.1, -0.05) is 23.7 Å². The lowest BCUT2D eigenvalue weighted by atomic mass is 10.1. The van der Waals surface area contributed by atoms with E-state index in [1.165, 1.54) is 18.2 Å². The van der Waals surface area contributed by atoms with Gasteiger partial charge in [-0.15, -0.1) is 0 Å². The molecule has 0 saturated carbocycles. The van der Waals surface area contributed by atoms with E-state index in [4.69, 9.17) is 11.6 Å². The van der Waals surface area contributed by atoms with Crippen molar-refractivity contribution in [3.8, 4) is 5.75 Å². The molecule has 0 fully saturated rings. The summed E-state index contributed by atoms with van der Waals surface area (Å²) in [4.78, 5) is 21.4. The molecule has 0 aliphatic carbocycles. The molecule has 0 aliphatic rings. The van der Waals surface area contributed by atoms with Gasteiger partial charge in [0.2, 0.25) is 0 Å². The molecule has 0 saturated heterocycles. The molecule has 0 bridgehead atoms. The number of nitrogens with zero attached hydrogens (tertiary/aromatic N) is 3. The summed E-state index contributed by atoms with van der Waals surface area (Å²) >= 11 is 5.90. The zero-order chi connectivity index (χ0) is 19.4. The van der Waals surface area contributed by atoms with E-state index in [0.29, 0.717) is 22.1 Å². The molecule has 6 nitrogen and oxygen atoms in total. The van der Waals surface area contributed by atoms with E-state index in [0.717, 1.165) is 11.4 Å². The molecule has 0 radical (unpaired) electrons. The zero-order valence-corrected chi connectivity index (χ0v) is 15.5. The minimum Gasteiger partial charge on any atom is -0.507 e. The number of aromatic hydroxyl groups is 1. The van der Waals surface area contributed by atoms with Crippen LogP contribution in [-0.4, -0.2) is 26.7 Å². The number of carbonyl (C=O) groups excluding carboxylic acids is 1. The first kappa shape index (κ1) is 18.5. The van der Waals surface area contributed by atoms with Gasteiger partial charge in [0.1, 0.15) is 11.5 Å². The largest absolute Gasteiger partial charge is 0.507 e. The molecule has 7 heteroatoms. The maximum Gasteiger partial charge on any atom is 0.275 e. The number of rotatable bonds is 4. The summed E-state index contributed by atoms with van der Waals surface area (Å²) in [5.74, 6) is -0.774. The average Bonchev–Trinajstić information content (AvgIpc) is 2.64. The number of aromatic nitrogens is 2. The first-order valence-corrected chi connectivity index (χ1v) is 8.56. The second kappa shape index (κ2) is 7.97. The number of phenolic OH excluding ortho intramolecular Hbond substituents is 1. The van der Waals surface area contributed by atoms with Gasteiger partial charge in [0.15, 0.2) is 0 Å². The van der Waals surface area contributed by atoms with Gasteiger partial charge in [0.25, 0.3) is 5.91 Å². The summed E-state index contributed by atoms with van der Waals surface area (Å²) in [6.07, 6.45) is 0. The molecular weight excluding hydrogens is 364 g/mol. The zero-order valence-electron chi connectivity index (χ0n) is 14.8. The van der Waals surface area contributed by atoms with Crippen LogP contribution in [0.25, 0.3) is 0 Å². The molecule has 1 amide bonds. The molecule has 0 aliphatic heterocycles. The standard InChI is InChI=1S/C20H17ClN4O2/c1-12-5-3-7-16(22-12)19(17-8-4-6-13(2)23-17)24-25-20(27)15-11-14(21)9-10-18(15)26/h3-11,26H,1-2H3,(H,25,27). The third-order valence-corrected chi connectivity index (χ3v) is 3.97. The molecule has 2 heterocycles. The van der Waals surface area contributed by atoms with Gasteiger partial charge in [-0.3, -0.25) is 14.8 Å². The Morgan fingerprint density at radius 3 is 2.15 bits per heavy atom. The van der Waals surface area contributed by atoms with Gasteiger partial charge in [-0.2, -0.15) is 5.10 Å². The summed E-state index contributed by atoms with van der Waals surface area (Å²) < 4.78 is 0. The summed E-state index contributed by atoms with van der Waals surface area (Å²) in [5, 5.41) is 14.5. The molecular formula is C20H17ClN4O2. The van der Waals surface area contributed by atoms with Gasteiger partial charge >= 0.3 is 0 Å². The minimum absolute atomic E-state index is 0.0278. The highest BCUT2D eigenvalue weighted by atomic mass is 35.5. The Labute approximate surface area is 161 Å². The molecule has 0 spiro atoms. The number of pyridine rings is 2. The van der Waals surface area contributed by atoms with Crippen molar-refractivity contribution in [2.75, 3.05) is 0 Å². The molecule has 3 rings (SSSR count). The Morgan fingerprint density at radius 1 is 1.00 bits per heavy atom. The predicted octanol–water partition coefficient (Wildman–Crippen LogP) is 3.63. The highest BCUT2D eigenvalue weighted by Gasteiger charge is 2.15. The average molecular weight is 381 g/mol. The second-order valence-corrected chi connectivity index (χ2v) is 6.33. The van der Waals surface area contributed by atoms with E-state index in [-0.39, 0.29) is 11.3 Å². The number of aryl methyl sites for hydroxylation is 2. The fourth-order valence-corrected chi connectivity index (χ4v) is 2.62. The van der Waals surface area contributed by atoms with Crippen LogP contribution in [-0.2, 0) is 0 Å². The lowest BCUT2D eigenvalue weighted by Gasteiger charge is -2.09. The van der Waals surface area contributed by atoms with Crippen LogP contribution in [0.1, 0.15) is 33.1 Å². The molecule has 1 aromatic carbocycles. The Balaban J connectivity index is 2.00. The summed E-state index contributed by atoms with van der Waals surface area (Å²) in [5.41, 5.74) is 5.66. The molecule has 0 atom stereocenters. The maximum atomic E-state index is 12.4. The molecule has 2 N–H and O–H groups in total. The Bertz CT molecular complexity index is 986. The fourth-order valence-electron chi connectivity index (χ4n) is 2.45. The van der Waals surface area contributed by atoms with E-state index in [9.17, 15) is 9.90 Å². The molecule has 3 aromatic rings. The number of amides is 1. The third kappa shape index (κ3) is 4.48. The number of carbonyl (C=O) groups is 1. The number of benzene rings is 1. The van der Waals surface area contributed by atoms with E-state index >= 15 is 0 Å². The maximum absolute atomic E-state index is 12.4. The van der Waals surface area contributed by atoms with Gasteiger partial charge in [-0.25, -0.2) is 5.43 Å². The van der Waals surface area contributed by atoms with Crippen molar-refractivity contribution in [3.05, 3.63) is 88.0 Å². The number of nitrogens with one attached hydrogen (secondary N) is 1. The van der Waals surface area contributed by atoms with E-state index < -0.39 is 5.91 Å². The van der Waals surface area contributed by atoms with Crippen molar-refractivity contribution in [2.45, 2.75) is 13.8 Å². The minimum atomic E-state index is -0.590. The SMILES string of the molecule is Cc1cccc(C(=NNC(=O)c2cc(Cl)ccc2O)c2cccc(C)n2)n1. The Kier molecular flexibility index (Phi) is 5.47. The van der Waals surface area contributed by atoms with Crippen LogP contribution in [0.5, 0.6) is 5.75 Å². The van der Waals surface area contributed by atoms with Crippen LogP contribution in [0, 0.1) is 13.8 Å². The summed E-state index contributed by atoms with van der Waals surface area (Å²) in [7, 11) is 0. The monoisotopic (exact) mass is 380 g/mol. The quantitative estimate of drug-likeness (QED) is 0.534. The van der Waals surface area contributed by atoms with Gasteiger partial charge in [0, 0.05) is 16.4 Å². The smallest absolute Gasteiger partial charge is 0.275 e. The van der Waals surface area contributed by atoms with Crippen molar-refractivity contribution < 1.29 is 9.90 Å². The number of halogens is 1. The number of hydrazone groups is 1. The highest BCUT2D eigenvalue weighted by Crippen LogP contribution is 2.21. The van der Waals surface area contributed by atoms with Crippen LogP contribution in [0.3, 0.4) is 0 Å². The van der Waals surface area contributed by atoms with E-state index in [1.807, 2.05) is 38.1 Å². The molecule has 27 heavy (non-hydrogen) atoms. The van der Waals surface area contributed by atoms with Gasteiger partial charge < -0.3 is 5.11 Å². The number of hydrogen-bond donors (Lipinski definition) is 2. The van der Waals surface area contributed by atoms with Crippen molar-refractivity contribution >= 4 is 23.2 Å². The first-order chi connectivity index (χ1) is 12.9. The van der Waals surface area contributed by atoms with Crippen molar-refractivity contribution in [1.82, 2.24) is 15.4 Å². The second-order valence-electron chi connectivity index (χ2n) is 5.89.